The molecule has 0 aliphatic carbocycles. The smallest absolute Gasteiger partial charge is 0.00598 e. The predicted octanol–water partition coefficient (Wildman–Crippen LogP) is 2.38. The van der Waals surface area contributed by atoms with E-state index < -0.39 is 0 Å². The van der Waals surface area contributed by atoms with E-state index in [0.717, 1.165) is 0 Å². The van der Waals surface area contributed by atoms with Crippen molar-refractivity contribution in [2.24, 2.45) is 5.92 Å². The normalized spacial score (nSPS) is 12.9. The third-order valence-electron chi connectivity index (χ3n) is 1.13. The van der Waals surface area contributed by atoms with Crippen molar-refractivity contribution in [2.45, 2.75) is 13.8 Å². The van der Waals surface area contributed by atoms with Crippen LogP contribution in [0.25, 0.3) is 0 Å². The first-order valence-corrected chi connectivity index (χ1v) is 2.46. The highest BCUT2D eigenvalue weighted by atomic mass is 14.0. The minimum absolute atomic E-state index is 0.472. The molecule has 0 rings (SSSR count). The molecule has 0 heteroatoms. The van der Waals surface area contributed by atoms with Gasteiger partial charge in [0.1, 0.15) is 0 Å². The highest BCUT2D eigenvalue weighted by Crippen LogP contribution is 2.05. The summed E-state index contributed by atoms with van der Waals surface area (Å²) in [5, 5.41) is 0. The van der Waals surface area contributed by atoms with Crippen LogP contribution >= 0.6 is 0 Å². The van der Waals surface area contributed by atoms with Crippen molar-refractivity contribution in [1.82, 2.24) is 0 Å². The van der Waals surface area contributed by atoms with Gasteiger partial charge in [-0.25, -0.2) is 0 Å². The van der Waals surface area contributed by atoms with Gasteiger partial charge in [0.15, 0.2) is 0 Å². The Morgan fingerprint density at radius 1 is 1.71 bits per heavy atom. The summed E-state index contributed by atoms with van der Waals surface area (Å²) in [7, 11) is 0. The molecule has 0 spiro atoms. The van der Waals surface area contributed by atoms with Crippen molar-refractivity contribution in [3.8, 4) is 0 Å². The van der Waals surface area contributed by atoms with E-state index in [0.29, 0.717) is 5.92 Å². The molecule has 0 saturated carbocycles. The number of hydrogen-bond donors (Lipinski definition) is 0. The first-order chi connectivity index (χ1) is 3.18. The average Bonchev–Trinajstić information content (AvgIpc) is 1.65. The molecule has 0 bridgehead atoms. The van der Waals surface area contributed by atoms with E-state index in [1.54, 1.807) is 0 Å². The Balaban J connectivity index is 3.55. The summed E-state index contributed by atoms with van der Waals surface area (Å²) in [5.41, 5.74) is 1.18. The van der Waals surface area contributed by atoms with Crippen LogP contribution in [-0.2, 0) is 0 Å². The molecule has 0 heterocycles. The van der Waals surface area contributed by atoms with E-state index in [2.05, 4.69) is 20.1 Å². The van der Waals surface area contributed by atoms with E-state index in [1.165, 1.54) is 5.57 Å². The molecule has 0 amide bonds. The maximum atomic E-state index is 3.75. The van der Waals surface area contributed by atoms with Crippen molar-refractivity contribution in [1.29, 1.82) is 0 Å². The Morgan fingerprint density at radius 2 is 2.14 bits per heavy atom. The van der Waals surface area contributed by atoms with Gasteiger partial charge >= 0.3 is 0 Å². The summed E-state index contributed by atoms with van der Waals surface area (Å²) in [6.07, 6.45) is 1.89. The fraction of sp³-hybridized carbons (Fsp3) is 0.429. The minimum atomic E-state index is 0.472. The molecule has 1 atom stereocenters. The third kappa shape index (κ3) is 2.21. The van der Waals surface area contributed by atoms with Crippen molar-refractivity contribution in [3.63, 3.8) is 0 Å². The molecule has 0 N–H and O–H groups in total. The molecule has 0 saturated heterocycles. The van der Waals surface area contributed by atoms with Gasteiger partial charge in [-0.2, -0.15) is 0 Å². The second-order valence-electron chi connectivity index (χ2n) is 1.87. The molecule has 40 valence electrons. The van der Waals surface area contributed by atoms with Gasteiger partial charge in [0.05, 0.1) is 0 Å². The summed E-state index contributed by atoms with van der Waals surface area (Å²) in [4.78, 5) is 0. The zero-order valence-electron chi connectivity index (χ0n) is 5.07. The highest BCUT2D eigenvalue weighted by molar-refractivity contribution is 5.01. The van der Waals surface area contributed by atoms with Gasteiger partial charge in [-0.1, -0.05) is 25.2 Å². The van der Waals surface area contributed by atoms with E-state index in [9.17, 15) is 0 Å². The van der Waals surface area contributed by atoms with Gasteiger partial charge < -0.3 is 0 Å². The van der Waals surface area contributed by atoms with E-state index in [1.807, 2.05) is 13.0 Å². The largest absolute Gasteiger partial charge is 0.102 e. The molecular formula is C7H12. The van der Waals surface area contributed by atoms with Crippen LogP contribution in [0.4, 0.5) is 0 Å². The summed E-state index contributed by atoms with van der Waals surface area (Å²) >= 11 is 0. The zero-order chi connectivity index (χ0) is 5.86. The topological polar surface area (TPSA) is 0 Å². The summed E-state index contributed by atoms with van der Waals surface area (Å²) < 4.78 is 0. The molecule has 7 heavy (non-hydrogen) atoms. The van der Waals surface area contributed by atoms with Gasteiger partial charge in [0.25, 0.3) is 0 Å². The Bertz CT molecular complexity index is 80.0. The zero-order valence-corrected chi connectivity index (χ0v) is 5.07. The molecule has 0 aliphatic heterocycles. The molecule has 0 aromatic rings. The first kappa shape index (κ1) is 6.48. The lowest BCUT2D eigenvalue weighted by Gasteiger charge is -2.00. The van der Waals surface area contributed by atoms with Crippen LogP contribution < -0.4 is 0 Å². The van der Waals surface area contributed by atoms with Crippen LogP contribution in [0.1, 0.15) is 13.8 Å². The Kier molecular flexibility index (Phi) is 2.42. The van der Waals surface area contributed by atoms with Gasteiger partial charge in [-0.3, -0.25) is 0 Å². The molecule has 0 aromatic carbocycles. The highest BCUT2D eigenvalue weighted by Gasteiger charge is 1.91. The standard InChI is InChI=1S/C7H12/c1-5-7(4)6(2)3/h5,7H,1-2H2,3-4H3. The van der Waals surface area contributed by atoms with Crippen LogP contribution in [0, 0.1) is 5.92 Å². The number of rotatable bonds is 2. The molecule has 0 fully saturated rings. The second-order valence-corrected chi connectivity index (χ2v) is 1.87. The molecule has 0 nitrogen and oxygen atoms in total. The monoisotopic (exact) mass is 96.1 g/mol. The average molecular weight is 96.2 g/mol. The molecule has 0 aliphatic rings. The Labute approximate surface area is 45.5 Å². The van der Waals surface area contributed by atoms with E-state index in [-0.39, 0.29) is 0 Å². The van der Waals surface area contributed by atoms with Crippen LogP contribution in [0.5, 0.6) is 0 Å². The summed E-state index contributed by atoms with van der Waals surface area (Å²) in [6, 6.07) is 0. The van der Waals surface area contributed by atoms with Crippen molar-refractivity contribution in [3.05, 3.63) is 24.8 Å². The van der Waals surface area contributed by atoms with E-state index in [4.69, 9.17) is 0 Å². The molecular weight excluding hydrogens is 84.1 g/mol. The lowest BCUT2D eigenvalue weighted by molar-refractivity contribution is 0.871. The molecule has 0 aromatic heterocycles. The minimum Gasteiger partial charge on any atom is -0.102 e. The van der Waals surface area contributed by atoms with Gasteiger partial charge in [-0.05, 0) is 12.8 Å². The summed E-state index contributed by atoms with van der Waals surface area (Å²) in [5.74, 6) is 0.472. The van der Waals surface area contributed by atoms with Gasteiger partial charge in [0, 0.05) is 0 Å². The van der Waals surface area contributed by atoms with Crippen LogP contribution in [0.15, 0.2) is 24.8 Å². The lowest BCUT2D eigenvalue weighted by atomic mass is 10.1. The number of hydrogen-bond acceptors (Lipinski definition) is 0. The van der Waals surface area contributed by atoms with E-state index >= 15 is 0 Å². The quantitative estimate of drug-likeness (QED) is 0.463. The van der Waals surface area contributed by atoms with Crippen molar-refractivity contribution >= 4 is 0 Å². The van der Waals surface area contributed by atoms with Crippen molar-refractivity contribution < 1.29 is 0 Å². The Hall–Kier alpha value is -0.520. The third-order valence-corrected chi connectivity index (χ3v) is 1.13. The van der Waals surface area contributed by atoms with Crippen LogP contribution in [-0.4, -0.2) is 0 Å². The fourth-order valence-corrected chi connectivity index (χ4v) is 0.201. The Morgan fingerprint density at radius 3 is 2.14 bits per heavy atom. The fourth-order valence-electron chi connectivity index (χ4n) is 0.201. The first-order valence-electron chi connectivity index (χ1n) is 2.46. The molecule has 1 unspecified atom stereocenters. The van der Waals surface area contributed by atoms with Crippen LogP contribution in [0.3, 0.4) is 0 Å². The molecule has 0 radical (unpaired) electrons. The summed E-state index contributed by atoms with van der Waals surface area (Å²) in [6.45, 7) is 11.5. The maximum absolute atomic E-state index is 3.75. The maximum Gasteiger partial charge on any atom is -0.00598 e. The second kappa shape index (κ2) is 2.62. The van der Waals surface area contributed by atoms with Gasteiger partial charge in [-0.15, -0.1) is 6.58 Å². The lowest BCUT2D eigenvalue weighted by Crippen LogP contribution is -1.86. The predicted molar refractivity (Wildman–Crippen MR) is 34.2 cm³/mol. The number of allylic oxidation sites excluding steroid dienone is 2. The van der Waals surface area contributed by atoms with Crippen molar-refractivity contribution in [2.75, 3.05) is 0 Å². The van der Waals surface area contributed by atoms with Gasteiger partial charge in [0.2, 0.25) is 0 Å². The SMILES string of the molecule is C=CC(C)C(=C)C. The van der Waals surface area contributed by atoms with Crippen LogP contribution in [0.2, 0.25) is 0 Å².